The van der Waals surface area contributed by atoms with E-state index in [4.69, 9.17) is 28.0 Å². The molecule has 2 N–H and O–H groups in total. The monoisotopic (exact) mass is 629 g/mol. The Morgan fingerprint density at radius 3 is 2.43 bits per heavy atom. The summed E-state index contributed by atoms with van der Waals surface area (Å²) in [5.74, 6) is -1.72. The first-order valence-corrected chi connectivity index (χ1v) is 16.4. The van der Waals surface area contributed by atoms with Crippen LogP contribution in [-0.2, 0) is 26.3 Å². The Balaban J connectivity index is 1.60. The molecule has 1 aliphatic carbocycles. The number of halogens is 2. The Labute approximate surface area is 256 Å². The molecule has 0 spiro atoms. The largest absolute Gasteiger partial charge is 0.326 e. The molecule has 0 radical (unpaired) electrons. The fourth-order valence-corrected chi connectivity index (χ4v) is 7.42. The van der Waals surface area contributed by atoms with E-state index in [2.05, 4.69) is 10.2 Å². The van der Waals surface area contributed by atoms with Crippen molar-refractivity contribution >= 4 is 45.0 Å². The van der Waals surface area contributed by atoms with Gasteiger partial charge in [-0.1, -0.05) is 90.6 Å². The van der Waals surface area contributed by atoms with Gasteiger partial charge in [-0.05, 0) is 54.7 Å². The zero-order valence-corrected chi connectivity index (χ0v) is 25.5. The second-order valence-corrected chi connectivity index (χ2v) is 13.5. The number of benzene rings is 3. The van der Waals surface area contributed by atoms with Gasteiger partial charge in [0.05, 0.1) is 24.3 Å². The van der Waals surface area contributed by atoms with Crippen LogP contribution < -0.4 is 10.2 Å². The molecular formula is C31H33Cl2N3O5S. The molecule has 0 bridgehead atoms. The van der Waals surface area contributed by atoms with E-state index in [1.165, 1.54) is 0 Å². The summed E-state index contributed by atoms with van der Waals surface area (Å²) in [6.45, 7) is 1.73. The predicted octanol–water partition coefficient (Wildman–Crippen LogP) is 5.77. The van der Waals surface area contributed by atoms with Crippen LogP contribution in [0.4, 0.5) is 0 Å². The number of sulfonamides is 1. The van der Waals surface area contributed by atoms with Gasteiger partial charge in [-0.25, -0.2) is 18.6 Å². The van der Waals surface area contributed by atoms with Gasteiger partial charge in [-0.15, -0.1) is 0 Å². The van der Waals surface area contributed by atoms with Crippen molar-refractivity contribution in [3.8, 4) is 0 Å². The zero-order chi connectivity index (χ0) is 29.9. The average molecular weight is 631 g/mol. The summed E-state index contributed by atoms with van der Waals surface area (Å²) < 4.78 is 28.2. The third-order valence-electron chi connectivity index (χ3n) is 7.99. The van der Waals surface area contributed by atoms with Crippen molar-refractivity contribution in [2.75, 3.05) is 5.75 Å². The number of fused-ring (bicyclic) bond motifs is 1. The number of rotatable bonds is 9. The lowest BCUT2D eigenvalue weighted by molar-refractivity contribution is -0.138. The number of amides is 2. The van der Waals surface area contributed by atoms with Crippen LogP contribution in [0.5, 0.6) is 0 Å². The van der Waals surface area contributed by atoms with Gasteiger partial charge in [-0.3, -0.25) is 14.4 Å². The highest BCUT2D eigenvalue weighted by atomic mass is 35.5. The topological polar surface area (TPSA) is 105 Å². The minimum absolute atomic E-state index is 0.0801. The molecule has 5 rings (SSSR count). The Morgan fingerprint density at radius 1 is 0.976 bits per heavy atom. The molecule has 1 aliphatic heterocycles. The van der Waals surface area contributed by atoms with Crippen LogP contribution in [0.2, 0.25) is 10.0 Å². The van der Waals surface area contributed by atoms with Crippen molar-refractivity contribution in [3.05, 3.63) is 105 Å². The molecule has 0 unspecified atom stereocenters. The molecule has 1 saturated carbocycles. The van der Waals surface area contributed by atoms with Crippen molar-refractivity contribution in [1.29, 1.82) is 0 Å². The van der Waals surface area contributed by atoms with E-state index >= 15 is 0 Å². The number of nitrogens with one attached hydrogen (secondary N) is 2. The van der Waals surface area contributed by atoms with Crippen LogP contribution in [0.25, 0.3) is 0 Å². The predicted molar refractivity (Wildman–Crippen MR) is 163 cm³/mol. The Bertz CT molecular complexity index is 1550. The van der Waals surface area contributed by atoms with Crippen molar-refractivity contribution in [2.45, 2.75) is 63.3 Å². The summed E-state index contributed by atoms with van der Waals surface area (Å²) in [5.41, 5.74) is 4.95. The lowest BCUT2D eigenvalue weighted by Crippen LogP contribution is -2.59. The fourth-order valence-electron chi connectivity index (χ4n) is 6.00. The van der Waals surface area contributed by atoms with Crippen LogP contribution in [0.15, 0.2) is 72.8 Å². The molecule has 0 aromatic heterocycles. The molecule has 2 aliphatic rings. The van der Waals surface area contributed by atoms with Gasteiger partial charge < -0.3 is 4.90 Å². The van der Waals surface area contributed by atoms with E-state index in [0.29, 0.717) is 39.6 Å². The number of hydrogen-bond acceptors (Lipinski definition) is 5. The van der Waals surface area contributed by atoms with Gasteiger partial charge in [0.25, 0.3) is 11.8 Å². The maximum atomic E-state index is 14.3. The molecule has 1 heterocycles. The van der Waals surface area contributed by atoms with Crippen molar-refractivity contribution < 1.29 is 22.8 Å². The summed E-state index contributed by atoms with van der Waals surface area (Å²) in [6.07, 6.45) is 2.74. The van der Waals surface area contributed by atoms with Crippen molar-refractivity contribution in [2.24, 2.45) is 0 Å². The summed E-state index contributed by atoms with van der Waals surface area (Å²) in [7, 11) is -3.56. The smallest absolute Gasteiger partial charge is 0.255 e. The molecule has 0 saturated heterocycles. The molecule has 4 atom stereocenters. The lowest BCUT2D eigenvalue weighted by Gasteiger charge is -2.49. The number of hydrogen-bond donors (Lipinski definition) is 2. The third kappa shape index (κ3) is 6.50. The van der Waals surface area contributed by atoms with E-state index < -0.39 is 40.0 Å². The first-order valence-electron chi connectivity index (χ1n) is 14.0. The minimum atomic E-state index is -3.56. The number of nitrogens with zero attached hydrogens (tertiary/aromatic N) is 1. The van der Waals surface area contributed by atoms with Gasteiger partial charge in [0, 0.05) is 27.7 Å². The zero-order valence-electron chi connectivity index (χ0n) is 23.1. The normalized spacial score (nSPS) is 22.5. The highest BCUT2D eigenvalue weighted by Gasteiger charge is 2.49. The second-order valence-electron chi connectivity index (χ2n) is 10.6. The fraction of sp³-hybridized carbons (Fsp3) is 0.355. The first-order chi connectivity index (χ1) is 20.2. The van der Waals surface area contributed by atoms with Gasteiger partial charge in [-0.2, -0.15) is 0 Å². The van der Waals surface area contributed by atoms with Gasteiger partial charge >= 0.3 is 0 Å². The quantitative estimate of drug-likeness (QED) is 0.292. The maximum absolute atomic E-state index is 14.3. The highest BCUT2D eigenvalue weighted by Crippen LogP contribution is 2.47. The summed E-state index contributed by atoms with van der Waals surface area (Å²) in [6, 6.07) is 19.5. The van der Waals surface area contributed by atoms with Crippen LogP contribution in [0, 0.1) is 0 Å². The van der Waals surface area contributed by atoms with Crippen molar-refractivity contribution in [1.82, 2.24) is 15.1 Å². The van der Waals surface area contributed by atoms with E-state index in [9.17, 15) is 18.0 Å². The van der Waals surface area contributed by atoms with E-state index in [1.54, 1.807) is 54.3 Å². The third-order valence-corrected chi connectivity index (χ3v) is 9.98. The summed E-state index contributed by atoms with van der Waals surface area (Å²) in [4.78, 5) is 35.7. The maximum Gasteiger partial charge on any atom is 0.255 e. The molecule has 42 heavy (non-hydrogen) atoms. The summed E-state index contributed by atoms with van der Waals surface area (Å²) in [5, 5.41) is 0.713. The van der Waals surface area contributed by atoms with Crippen LogP contribution in [0.3, 0.4) is 0 Å². The van der Waals surface area contributed by atoms with E-state index in [1.807, 2.05) is 30.3 Å². The van der Waals surface area contributed by atoms with Crippen LogP contribution in [-0.4, -0.2) is 43.0 Å². The molecule has 222 valence electrons. The number of carbonyl (C=O) groups excluding carboxylic acids is 2. The second kappa shape index (κ2) is 13.1. The molecular weight excluding hydrogens is 597 g/mol. The highest BCUT2D eigenvalue weighted by molar-refractivity contribution is 7.89. The van der Waals surface area contributed by atoms with Gasteiger partial charge in [0.1, 0.15) is 0 Å². The van der Waals surface area contributed by atoms with Crippen molar-refractivity contribution in [3.63, 3.8) is 0 Å². The SMILES string of the molecule is CCS(=O)(=O)N[C@H]1CCCC[C@@H]1N1C(=O)c2ccccc2[C@@H](C(=O)NOCc2ccccc2)[C@@H]1c1ccc(Cl)cc1Cl. The average Bonchev–Trinajstić information content (AvgIpc) is 2.98. The molecule has 1 fully saturated rings. The molecule has 8 nitrogen and oxygen atoms in total. The van der Waals surface area contributed by atoms with E-state index in [-0.39, 0.29) is 18.3 Å². The van der Waals surface area contributed by atoms with Gasteiger partial charge in [0.15, 0.2) is 0 Å². The number of hydroxylamine groups is 1. The Kier molecular flexibility index (Phi) is 9.54. The standard InChI is InChI=1S/C31H33Cl2N3O5S/c1-2-42(39,40)35-26-14-8-9-15-27(26)36-29(24-17-16-21(32)18-25(24)33)28(22-12-6-7-13-23(22)31(36)38)30(37)34-41-19-20-10-4-3-5-11-20/h3-7,10-13,16-18,26-29,35H,2,8-9,14-15,19H2,1H3,(H,34,37)/t26-,27-,28+,29-/m0/s1. The van der Waals surface area contributed by atoms with Gasteiger partial charge in [0.2, 0.25) is 10.0 Å². The van der Waals surface area contributed by atoms with Crippen LogP contribution in [0.1, 0.15) is 71.6 Å². The molecule has 2 amide bonds. The molecule has 3 aromatic carbocycles. The summed E-state index contributed by atoms with van der Waals surface area (Å²) >= 11 is 13.0. The first kappa shape index (κ1) is 30.5. The Morgan fingerprint density at radius 2 is 1.69 bits per heavy atom. The minimum Gasteiger partial charge on any atom is -0.326 e. The van der Waals surface area contributed by atoms with E-state index in [0.717, 1.165) is 18.4 Å². The van der Waals surface area contributed by atoms with Crippen LogP contribution >= 0.6 is 23.2 Å². The Hall–Kier alpha value is -2.95. The number of carbonyl (C=O) groups is 2. The lowest BCUT2D eigenvalue weighted by atomic mass is 9.76. The molecule has 3 aromatic rings. The molecule has 11 heteroatoms.